The molecular weight excluding hydrogens is 344 g/mol. The van der Waals surface area contributed by atoms with Crippen LogP contribution in [0.2, 0.25) is 0 Å². The fourth-order valence-electron chi connectivity index (χ4n) is 4.54. The molecule has 0 unspecified atom stereocenters. The smallest absolute Gasteiger partial charge is 0.0205 e. The number of piperidine rings is 2. The molecule has 2 aliphatic rings. The third kappa shape index (κ3) is 8.60. The average molecular weight is 387 g/mol. The highest BCUT2D eigenvalue weighted by molar-refractivity contribution is 5.23. The Bertz CT molecular complexity index is 478. The monoisotopic (exact) mass is 386 g/mol. The van der Waals surface area contributed by atoms with E-state index in [-0.39, 0.29) is 0 Å². The molecule has 0 saturated carbocycles. The summed E-state index contributed by atoms with van der Waals surface area (Å²) in [6, 6.07) is 9.06. The van der Waals surface area contributed by atoms with Gasteiger partial charge in [-0.25, -0.2) is 0 Å². The van der Waals surface area contributed by atoms with Crippen molar-refractivity contribution in [2.75, 3.05) is 52.4 Å². The molecule has 2 heterocycles. The Balaban J connectivity index is 1.23. The van der Waals surface area contributed by atoms with Gasteiger partial charge >= 0.3 is 0 Å². The van der Waals surface area contributed by atoms with Crippen LogP contribution in [0.4, 0.5) is 0 Å². The van der Waals surface area contributed by atoms with Crippen LogP contribution in [-0.2, 0) is 13.1 Å². The topological polar surface area (TPSA) is 30.5 Å². The molecule has 2 aliphatic heterocycles. The Kier molecular flexibility index (Phi) is 10.3. The predicted molar refractivity (Wildman–Crippen MR) is 120 cm³/mol. The van der Waals surface area contributed by atoms with Gasteiger partial charge in [-0.15, -0.1) is 0 Å². The molecule has 0 spiro atoms. The first kappa shape index (κ1) is 21.8. The van der Waals surface area contributed by atoms with E-state index in [4.69, 9.17) is 0 Å². The summed E-state index contributed by atoms with van der Waals surface area (Å²) in [7, 11) is 0. The minimum Gasteiger partial charge on any atom is -0.313 e. The Morgan fingerprint density at radius 1 is 0.643 bits per heavy atom. The first-order valence-corrected chi connectivity index (χ1v) is 11.8. The first-order chi connectivity index (χ1) is 13.9. The van der Waals surface area contributed by atoms with E-state index in [1.807, 2.05) is 0 Å². The maximum absolute atomic E-state index is 3.63. The van der Waals surface area contributed by atoms with Crippen LogP contribution in [0.25, 0.3) is 0 Å². The van der Waals surface area contributed by atoms with Gasteiger partial charge in [-0.1, -0.05) is 37.1 Å². The fraction of sp³-hybridized carbons (Fsp3) is 0.750. The van der Waals surface area contributed by atoms with Crippen LogP contribution in [0.5, 0.6) is 0 Å². The highest BCUT2D eigenvalue weighted by Gasteiger charge is 2.09. The number of hydrogen-bond acceptors (Lipinski definition) is 4. The standard InChI is InChI=1S/C24H42N4/c1-3-14-27(15-4-1)18-8-12-25-21-23-10-7-11-24(20-23)22-26-13-9-19-28-16-5-2-6-17-28/h7,10-11,20,25-26H,1-6,8-9,12-19,21-22H2. The summed E-state index contributed by atoms with van der Waals surface area (Å²) in [6.07, 6.45) is 11.0. The van der Waals surface area contributed by atoms with E-state index in [1.54, 1.807) is 0 Å². The van der Waals surface area contributed by atoms with Gasteiger partial charge in [0.05, 0.1) is 0 Å². The van der Waals surface area contributed by atoms with Gasteiger partial charge in [0.15, 0.2) is 0 Å². The minimum atomic E-state index is 0.989. The lowest BCUT2D eigenvalue weighted by atomic mass is 10.1. The summed E-state index contributed by atoms with van der Waals surface area (Å²) in [5.74, 6) is 0. The van der Waals surface area contributed by atoms with Crippen LogP contribution < -0.4 is 10.6 Å². The molecule has 0 atom stereocenters. The van der Waals surface area contributed by atoms with Crippen molar-refractivity contribution < 1.29 is 0 Å². The number of rotatable bonds is 12. The Morgan fingerprint density at radius 3 is 1.57 bits per heavy atom. The van der Waals surface area contributed by atoms with Gasteiger partial charge in [0.2, 0.25) is 0 Å². The first-order valence-electron chi connectivity index (χ1n) is 11.8. The summed E-state index contributed by atoms with van der Waals surface area (Å²) in [5.41, 5.74) is 2.82. The van der Waals surface area contributed by atoms with Crippen molar-refractivity contribution in [1.82, 2.24) is 20.4 Å². The Hall–Kier alpha value is -0.940. The summed E-state index contributed by atoms with van der Waals surface area (Å²) in [5, 5.41) is 7.26. The molecule has 1 aromatic rings. The van der Waals surface area contributed by atoms with Crippen molar-refractivity contribution in [2.45, 2.75) is 64.5 Å². The molecule has 0 bridgehead atoms. The van der Waals surface area contributed by atoms with E-state index < -0.39 is 0 Å². The van der Waals surface area contributed by atoms with E-state index >= 15 is 0 Å². The van der Waals surface area contributed by atoms with Crippen molar-refractivity contribution in [1.29, 1.82) is 0 Å². The Morgan fingerprint density at radius 2 is 1.11 bits per heavy atom. The molecule has 4 nitrogen and oxygen atoms in total. The third-order valence-corrected chi connectivity index (χ3v) is 6.20. The second-order valence-electron chi connectivity index (χ2n) is 8.69. The Labute approximate surface area is 173 Å². The van der Waals surface area contributed by atoms with Crippen LogP contribution in [0.1, 0.15) is 62.5 Å². The molecule has 3 rings (SSSR count). The van der Waals surface area contributed by atoms with Crippen LogP contribution in [-0.4, -0.2) is 62.2 Å². The van der Waals surface area contributed by atoms with Crippen molar-refractivity contribution in [3.05, 3.63) is 35.4 Å². The average Bonchev–Trinajstić information content (AvgIpc) is 2.75. The number of nitrogens with zero attached hydrogens (tertiary/aromatic N) is 2. The van der Waals surface area contributed by atoms with Gasteiger partial charge in [-0.2, -0.15) is 0 Å². The number of benzene rings is 1. The SMILES string of the molecule is c1cc(CNCCCN2CCCCC2)cc(CNCCCN2CCCCC2)c1. The van der Waals surface area contributed by atoms with Crippen LogP contribution >= 0.6 is 0 Å². The predicted octanol–water partition coefficient (Wildman–Crippen LogP) is 3.62. The van der Waals surface area contributed by atoms with Crippen LogP contribution in [0, 0.1) is 0 Å². The second-order valence-corrected chi connectivity index (χ2v) is 8.69. The zero-order valence-corrected chi connectivity index (χ0v) is 17.9. The molecule has 2 saturated heterocycles. The van der Waals surface area contributed by atoms with Gasteiger partial charge in [0, 0.05) is 13.1 Å². The van der Waals surface area contributed by atoms with E-state index in [0.717, 1.165) is 26.2 Å². The molecule has 0 aliphatic carbocycles. The van der Waals surface area contributed by atoms with Crippen molar-refractivity contribution in [2.24, 2.45) is 0 Å². The lowest BCUT2D eigenvalue weighted by molar-refractivity contribution is 0.225. The van der Waals surface area contributed by atoms with Crippen LogP contribution in [0.3, 0.4) is 0 Å². The molecular formula is C24H42N4. The van der Waals surface area contributed by atoms with Gasteiger partial charge in [-0.3, -0.25) is 0 Å². The molecule has 1 aromatic carbocycles. The lowest BCUT2D eigenvalue weighted by Gasteiger charge is -2.26. The largest absolute Gasteiger partial charge is 0.313 e. The molecule has 0 radical (unpaired) electrons. The van der Waals surface area contributed by atoms with E-state index in [9.17, 15) is 0 Å². The molecule has 2 fully saturated rings. The summed E-state index contributed by atoms with van der Waals surface area (Å²) in [4.78, 5) is 5.26. The normalized spacial score (nSPS) is 19.1. The van der Waals surface area contributed by atoms with E-state index in [0.29, 0.717) is 0 Å². The molecule has 0 aromatic heterocycles. The van der Waals surface area contributed by atoms with E-state index in [2.05, 4.69) is 44.7 Å². The third-order valence-electron chi connectivity index (χ3n) is 6.20. The minimum absolute atomic E-state index is 0.989. The molecule has 158 valence electrons. The molecule has 28 heavy (non-hydrogen) atoms. The lowest BCUT2D eigenvalue weighted by Crippen LogP contribution is -2.32. The van der Waals surface area contributed by atoms with Crippen molar-refractivity contribution >= 4 is 0 Å². The summed E-state index contributed by atoms with van der Waals surface area (Å²) in [6.45, 7) is 12.0. The highest BCUT2D eigenvalue weighted by Crippen LogP contribution is 2.10. The zero-order chi connectivity index (χ0) is 19.3. The number of nitrogens with one attached hydrogen (secondary N) is 2. The van der Waals surface area contributed by atoms with Gasteiger partial charge in [0.25, 0.3) is 0 Å². The highest BCUT2D eigenvalue weighted by atomic mass is 15.1. The maximum Gasteiger partial charge on any atom is 0.0205 e. The second kappa shape index (κ2) is 13.3. The van der Waals surface area contributed by atoms with Gasteiger partial charge in [-0.05, 0) is 102 Å². The molecule has 0 amide bonds. The number of likely N-dealkylation sites (tertiary alicyclic amines) is 2. The fourth-order valence-corrected chi connectivity index (χ4v) is 4.54. The van der Waals surface area contributed by atoms with Gasteiger partial charge in [0.1, 0.15) is 0 Å². The quantitative estimate of drug-likeness (QED) is 0.537. The summed E-state index contributed by atoms with van der Waals surface area (Å²) >= 11 is 0. The van der Waals surface area contributed by atoms with Crippen molar-refractivity contribution in [3.8, 4) is 0 Å². The van der Waals surface area contributed by atoms with Gasteiger partial charge < -0.3 is 20.4 Å². The maximum atomic E-state index is 3.63. The van der Waals surface area contributed by atoms with Crippen molar-refractivity contribution in [3.63, 3.8) is 0 Å². The molecule has 2 N–H and O–H groups in total. The zero-order valence-electron chi connectivity index (χ0n) is 17.9. The summed E-state index contributed by atoms with van der Waals surface area (Å²) < 4.78 is 0. The molecule has 4 heteroatoms. The van der Waals surface area contributed by atoms with E-state index in [1.165, 1.54) is 102 Å². The van der Waals surface area contributed by atoms with Crippen LogP contribution in [0.15, 0.2) is 24.3 Å². The number of hydrogen-bond donors (Lipinski definition) is 2.